The molecule has 0 aliphatic carbocycles. The van der Waals surface area contributed by atoms with Crippen molar-refractivity contribution in [3.63, 3.8) is 0 Å². The van der Waals surface area contributed by atoms with Crippen LogP contribution in [0, 0.1) is 0 Å². The van der Waals surface area contributed by atoms with E-state index >= 15 is 0 Å². The molecule has 0 spiro atoms. The lowest BCUT2D eigenvalue weighted by Gasteiger charge is -2.20. The molecular weight excluding hydrogens is 257 g/mol. The van der Waals surface area contributed by atoms with Gasteiger partial charge in [0.05, 0.1) is 0 Å². The van der Waals surface area contributed by atoms with Gasteiger partial charge in [0.2, 0.25) is 0 Å². The van der Waals surface area contributed by atoms with Crippen LogP contribution in [0.2, 0.25) is 0 Å². The van der Waals surface area contributed by atoms with Crippen molar-refractivity contribution in [3.8, 4) is 0 Å². The van der Waals surface area contributed by atoms with E-state index in [1.165, 1.54) is 12.1 Å². The molecule has 2 rings (SSSR count). The Balaban J connectivity index is 2.28. The number of benzene rings is 2. The minimum atomic E-state index is -4.26. The first kappa shape index (κ1) is 13.0. The third-order valence-electron chi connectivity index (χ3n) is 2.40. The van der Waals surface area contributed by atoms with Gasteiger partial charge < -0.3 is 0 Å². The van der Waals surface area contributed by atoms with Gasteiger partial charge in [0.1, 0.15) is 5.25 Å². The van der Waals surface area contributed by atoms with E-state index in [0.29, 0.717) is 4.90 Å². The number of hydrogen-bond donors (Lipinski definition) is 0. The molecule has 1 unspecified atom stereocenters. The van der Waals surface area contributed by atoms with E-state index in [1.807, 2.05) is 0 Å². The van der Waals surface area contributed by atoms with Gasteiger partial charge in [0.25, 0.3) is 0 Å². The minimum absolute atomic E-state index is 0.277. The summed E-state index contributed by atoms with van der Waals surface area (Å²) in [6, 6.07) is 16.6. The van der Waals surface area contributed by atoms with Crippen molar-refractivity contribution in [1.29, 1.82) is 0 Å². The van der Waals surface area contributed by atoms with Crippen LogP contribution >= 0.6 is 11.8 Å². The first-order valence-corrected chi connectivity index (χ1v) is 6.29. The van der Waals surface area contributed by atoms with Gasteiger partial charge in [0.15, 0.2) is 0 Å². The van der Waals surface area contributed by atoms with Crippen molar-refractivity contribution in [2.75, 3.05) is 0 Å². The van der Waals surface area contributed by atoms with Crippen LogP contribution in [0.5, 0.6) is 0 Å². The molecule has 18 heavy (non-hydrogen) atoms. The summed E-state index contributed by atoms with van der Waals surface area (Å²) in [7, 11) is 0. The summed E-state index contributed by atoms with van der Waals surface area (Å²) in [5, 5.41) is -1.53. The second-order valence-corrected chi connectivity index (χ2v) is 4.94. The molecule has 1 atom stereocenters. The lowest BCUT2D eigenvalue weighted by Crippen LogP contribution is -2.17. The summed E-state index contributed by atoms with van der Waals surface area (Å²) in [4.78, 5) is 0.615. The molecule has 2 aromatic rings. The standard InChI is InChI=1S/C14H11F3S/c15-14(16,17)13(11-7-3-1-4-8-11)18-12-9-5-2-6-10-12/h1-10,13H. The van der Waals surface area contributed by atoms with E-state index in [0.717, 1.165) is 11.8 Å². The normalized spacial score (nSPS) is 13.3. The summed E-state index contributed by atoms with van der Waals surface area (Å²) in [6.45, 7) is 0. The largest absolute Gasteiger partial charge is 0.404 e. The van der Waals surface area contributed by atoms with E-state index in [9.17, 15) is 13.2 Å². The van der Waals surface area contributed by atoms with Crippen LogP contribution in [0.3, 0.4) is 0 Å². The Morgan fingerprint density at radius 1 is 0.778 bits per heavy atom. The van der Waals surface area contributed by atoms with Crippen molar-refractivity contribution in [2.45, 2.75) is 16.3 Å². The SMILES string of the molecule is FC(F)(F)C(Sc1ccccc1)c1ccccc1. The molecular formula is C14H11F3S. The topological polar surface area (TPSA) is 0 Å². The van der Waals surface area contributed by atoms with E-state index < -0.39 is 11.4 Å². The average Bonchev–Trinajstić information content (AvgIpc) is 2.37. The van der Waals surface area contributed by atoms with Gasteiger partial charge in [0, 0.05) is 4.90 Å². The zero-order chi connectivity index (χ0) is 13.0. The van der Waals surface area contributed by atoms with Gasteiger partial charge in [-0.15, -0.1) is 11.8 Å². The molecule has 2 aromatic carbocycles. The Morgan fingerprint density at radius 2 is 1.28 bits per heavy atom. The molecule has 0 amide bonds. The van der Waals surface area contributed by atoms with Crippen molar-refractivity contribution in [1.82, 2.24) is 0 Å². The first-order valence-electron chi connectivity index (χ1n) is 5.41. The summed E-state index contributed by atoms with van der Waals surface area (Å²) >= 11 is 0.824. The van der Waals surface area contributed by atoms with Crippen LogP contribution in [0.25, 0.3) is 0 Å². The molecule has 0 aromatic heterocycles. The lowest BCUT2D eigenvalue weighted by molar-refractivity contribution is -0.129. The van der Waals surface area contributed by atoms with Gasteiger partial charge in [-0.3, -0.25) is 0 Å². The Kier molecular flexibility index (Phi) is 3.97. The monoisotopic (exact) mass is 268 g/mol. The Labute approximate surface area is 108 Å². The third kappa shape index (κ3) is 3.29. The van der Waals surface area contributed by atoms with Crippen molar-refractivity contribution < 1.29 is 13.2 Å². The molecule has 0 bridgehead atoms. The van der Waals surface area contributed by atoms with Crippen molar-refractivity contribution in [3.05, 3.63) is 66.2 Å². The number of alkyl halides is 3. The molecule has 4 heteroatoms. The zero-order valence-corrected chi connectivity index (χ0v) is 10.2. The molecule has 0 heterocycles. The summed E-state index contributed by atoms with van der Waals surface area (Å²) < 4.78 is 39.2. The zero-order valence-electron chi connectivity index (χ0n) is 9.39. The minimum Gasteiger partial charge on any atom is -0.169 e. The number of thioether (sulfide) groups is 1. The van der Waals surface area contributed by atoms with E-state index in [2.05, 4.69) is 0 Å². The highest BCUT2D eigenvalue weighted by molar-refractivity contribution is 7.99. The smallest absolute Gasteiger partial charge is 0.169 e. The first-order chi connectivity index (χ1) is 8.57. The predicted octanol–water partition coefficient (Wildman–Crippen LogP) is 5.08. The van der Waals surface area contributed by atoms with Crippen LogP contribution < -0.4 is 0 Å². The van der Waals surface area contributed by atoms with Gasteiger partial charge in [-0.05, 0) is 17.7 Å². The van der Waals surface area contributed by atoms with Crippen molar-refractivity contribution in [2.24, 2.45) is 0 Å². The highest BCUT2D eigenvalue weighted by Crippen LogP contribution is 2.46. The molecule has 94 valence electrons. The molecule has 0 N–H and O–H groups in total. The number of hydrogen-bond acceptors (Lipinski definition) is 1. The number of rotatable bonds is 3. The highest BCUT2D eigenvalue weighted by atomic mass is 32.2. The van der Waals surface area contributed by atoms with Crippen LogP contribution in [-0.4, -0.2) is 6.18 Å². The van der Waals surface area contributed by atoms with Crippen LogP contribution in [0.1, 0.15) is 10.8 Å². The van der Waals surface area contributed by atoms with Gasteiger partial charge >= 0.3 is 6.18 Å². The third-order valence-corrected chi connectivity index (χ3v) is 3.72. The molecule has 0 aliphatic heterocycles. The lowest BCUT2D eigenvalue weighted by atomic mass is 10.1. The predicted molar refractivity (Wildman–Crippen MR) is 67.5 cm³/mol. The Bertz CT molecular complexity index is 479. The molecule has 0 fully saturated rings. The van der Waals surface area contributed by atoms with E-state index in [4.69, 9.17) is 0 Å². The molecule has 0 saturated heterocycles. The van der Waals surface area contributed by atoms with Gasteiger partial charge in [-0.1, -0.05) is 48.5 Å². The van der Waals surface area contributed by atoms with Gasteiger partial charge in [-0.25, -0.2) is 0 Å². The van der Waals surface area contributed by atoms with Crippen LogP contribution in [0.15, 0.2) is 65.6 Å². The van der Waals surface area contributed by atoms with Crippen molar-refractivity contribution >= 4 is 11.8 Å². The van der Waals surface area contributed by atoms with E-state index in [-0.39, 0.29) is 5.56 Å². The maximum absolute atomic E-state index is 13.1. The quantitative estimate of drug-likeness (QED) is 0.699. The number of halogens is 3. The summed E-state index contributed by atoms with van der Waals surface area (Å²) in [6.07, 6.45) is -4.26. The van der Waals surface area contributed by atoms with E-state index in [1.54, 1.807) is 48.5 Å². The molecule has 0 nitrogen and oxygen atoms in total. The molecule has 0 aliphatic rings. The van der Waals surface area contributed by atoms with Crippen LogP contribution in [0.4, 0.5) is 13.2 Å². The fourth-order valence-electron chi connectivity index (χ4n) is 1.59. The summed E-state index contributed by atoms with van der Waals surface area (Å²) in [5.74, 6) is 0. The average molecular weight is 268 g/mol. The second kappa shape index (κ2) is 5.48. The van der Waals surface area contributed by atoms with Crippen LogP contribution in [-0.2, 0) is 0 Å². The maximum atomic E-state index is 13.1. The fourth-order valence-corrected chi connectivity index (χ4v) is 2.60. The molecule has 0 radical (unpaired) electrons. The highest BCUT2D eigenvalue weighted by Gasteiger charge is 2.41. The fraction of sp³-hybridized carbons (Fsp3) is 0.143. The Morgan fingerprint density at radius 3 is 1.78 bits per heavy atom. The second-order valence-electron chi connectivity index (χ2n) is 3.76. The Hall–Kier alpha value is -1.42. The maximum Gasteiger partial charge on any atom is 0.404 e. The summed E-state index contributed by atoms with van der Waals surface area (Å²) in [5.41, 5.74) is 0.277. The van der Waals surface area contributed by atoms with Gasteiger partial charge in [-0.2, -0.15) is 13.2 Å². The molecule has 0 saturated carbocycles.